The zero-order valence-electron chi connectivity index (χ0n) is 22.4. The second kappa shape index (κ2) is 10.5. The molecule has 3 aromatic rings. The van der Waals surface area contributed by atoms with Crippen LogP contribution in [0.15, 0.2) is 23.1 Å². The van der Waals surface area contributed by atoms with Crippen molar-refractivity contribution in [2.75, 3.05) is 19.8 Å². The Labute approximate surface area is 222 Å². The SMILES string of the molecule is Cc1c(-c2[nH]c3sc(C4CC(N/C=C(\N)C5COCCN5)C4)c(C)c3c2C(C)C)c[nH]/c(=N\C=N)c1C. The third-order valence-corrected chi connectivity index (χ3v) is 9.36. The number of fused-ring (bicyclic) bond motifs is 1. The van der Waals surface area contributed by atoms with E-state index in [1.807, 2.05) is 23.7 Å². The Morgan fingerprint density at radius 1 is 1.24 bits per heavy atom. The van der Waals surface area contributed by atoms with Crippen LogP contribution in [0, 0.1) is 26.2 Å². The summed E-state index contributed by atoms with van der Waals surface area (Å²) >= 11 is 1.92. The van der Waals surface area contributed by atoms with Crippen LogP contribution in [0.5, 0.6) is 0 Å². The lowest BCUT2D eigenvalue weighted by Gasteiger charge is -2.36. The first kappa shape index (κ1) is 25.8. The van der Waals surface area contributed by atoms with E-state index in [0.29, 0.717) is 24.5 Å². The number of H-pyrrole nitrogens is 2. The van der Waals surface area contributed by atoms with E-state index in [-0.39, 0.29) is 6.04 Å². The van der Waals surface area contributed by atoms with Gasteiger partial charge in [0.05, 0.1) is 24.9 Å². The maximum Gasteiger partial charge on any atom is 0.134 e. The van der Waals surface area contributed by atoms with Crippen molar-refractivity contribution < 1.29 is 4.74 Å². The highest BCUT2D eigenvalue weighted by atomic mass is 32.1. The minimum Gasteiger partial charge on any atom is -0.400 e. The molecular weight excluding hydrogens is 482 g/mol. The van der Waals surface area contributed by atoms with Gasteiger partial charge in [0.2, 0.25) is 0 Å². The van der Waals surface area contributed by atoms with Crippen molar-refractivity contribution in [3.63, 3.8) is 0 Å². The maximum absolute atomic E-state index is 7.33. The molecule has 8 nitrogen and oxygen atoms in total. The zero-order chi connectivity index (χ0) is 26.3. The van der Waals surface area contributed by atoms with Crippen LogP contribution in [0.4, 0.5) is 0 Å². The quantitative estimate of drug-likeness (QED) is 0.203. The Morgan fingerprint density at radius 3 is 2.70 bits per heavy atom. The van der Waals surface area contributed by atoms with Gasteiger partial charge in [-0.25, -0.2) is 4.99 Å². The van der Waals surface area contributed by atoms with Crippen LogP contribution in [0.2, 0.25) is 0 Å². The van der Waals surface area contributed by atoms with Gasteiger partial charge in [0.25, 0.3) is 0 Å². The molecule has 4 heterocycles. The Bertz CT molecular complexity index is 1400. The standard InChI is InChI=1S/C28H39N7OS/c1-14(2)23-24-17(5)26(18-8-19(9-18)32-11-21(30)22-12-36-7-6-31-22)37-28(24)35-25(23)20-10-33-27(34-13-29)16(4)15(20)3/h10-11,13-14,18-19,22,31-32,35H,6-9,12,30H2,1-5H3,(H2,29,33,34)/b21-11-. The number of nitrogens with two attached hydrogens (primary N) is 1. The summed E-state index contributed by atoms with van der Waals surface area (Å²) < 4.78 is 5.52. The highest BCUT2D eigenvalue weighted by Gasteiger charge is 2.34. The van der Waals surface area contributed by atoms with E-state index in [1.165, 1.54) is 43.0 Å². The van der Waals surface area contributed by atoms with Crippen molar-refractivity contribution in [3.05, 3.63) is 50.7 Å². The fraction of sp³-hybridized carbons (Fsp3) is 0.500. The summed E-state index contributed by atoms with van der Waals surface area (Å²) in [6.07, 6.45) is 7.33. The van der Waals surface area contributed by atoms with Crippen LogP contribution >= 0.6 is 11.3 Å². The summed E-state index contributed by atoms with van der Waals surface area (Å²) in [7, 11) is 0. The highest BCUT2D eigenvalue weighted by Crippen LogP contribution is 2.48. The normalized spacial score (nSPS) is 23.0. The molecule has 0 spiro atoms. The van der Waals surface area contributed by atoms with Gasteiger partial charge in [0.1, 0.15) is 16.7 Å². The van der Waals surface area contributed by atoms with E-state index < -0.39 is 0 Å². The van der Waals surface area contributed by atoms with Gasteiger partial charge in [-0.3, -0.25) is 5.41 Å². The second-order valence-electron chi connectivity index (χ2n) is 10.7. The molecular formula is C28H39N7OS. The average Bonchev–Trinajstić information content (AvgIpc) is 3.38. The van der Waals surface area contributed by atoms with Gasteiger partial charge in [0.15, 0.2) is 0 Å². The van der Waals surface area contributed by atoms with Gasteiger partial charge >= 0.3 is 0 Å². The highest BCUT2D eigenvalue weighted by molar-refractivity contribution is 7.19. The summed E-state index contributed by atoms with van der Waals surface area (Å²) in [5, 5.41) is 15.7. The van der Waals surface area contributed by atoms with Gasteiger partial charge in [-0.1, -0.05) is 13.8 Å². The Kier molecular flexibility index (Phi) is 7.29. The van der Waals surface area contributed by atoms with E-state index in [1.54, 1.807) is 0 Å². The van der Waals surface area contributed by atoms with Gasteiger partial charge in [-0.05, 0) is 67.7 Å². The van der Waals surface area contributed by atoms with Crippen molar-refractivity contribution in [2.24, 2.45) is 10.7 Å². The lowest BCUT2D eigenvalue weighted by molar-refractivity contribution is 0.0864. The molecule has 0 bridgehead atoms. The molecule has 2 fully saturated rings. The third kappa shape index (κ3) is 4.76. The molecule has 1 saturated heterocycles. The van der Waals surface area contributed by atoms with Crippen molar-refractivity contribution >= 4 is 27.9 Å². The molecule has 1 aliphatic carbocycles. The van der Waals surface area contributed by atoms with Gasteiger partial charge in [0, 0.05) is 46.5 Å². The number of nitrogens with zero attached hydrogens (tertiary/aromatic N) is 1. The van der Waals surface area contributed by atoms with Crippen LogP contribution in [-0.2, 0) is 4.74 Å². The Balaban J connectivity index is 1.38. The van der Waals surface area contributed by atoms with Crippen molar-refractivity contribution in [1.29, 1.82) is 5.41 Å². The summed E-state index contributed by atoms with van der Waals surface area (Å²) in [6, 6.07) is 0.562. The first-order valence-electron chi connectivity index (χ1n) is 13.2. The largest absolute Gasteiger partial charge is 0.400 e. The summed E-state index contributed by atoms with van der Waals surface area (Å²) in [5.41, 5.74) is 15.2. The fourth-order valence-electron chi connectivity index (χ4n) is 5.69. The van der Waals surface area contributed by atoms with Crippen LogP contribution in [-0.4, -0.2) is 48.1 Å². The molecule has 0 aromatic carbocycles. The number of nitrogens with one attached hydrogen (secondary N) is 5. The van der Waals surface area contributed by atoms with Gasteiger partial charge in [-0.2, -0.15) is 0 Å². The number of hydrogen-bond donors (Lipinski definition) is 6. The fourth-order valence-corrected chi connectivity index (χ4v) is 7.04. The van der Waals surface area contributed by atoms with E-state index in [2.05, 4.69) is 60.2 Å². The molecule has 198 valence electrons. The minimum atomic E-state index is 0.104. The van der Waals surface area contributed by atoms with Crippen LogP contribution in [0.1, 0.15) is 65.7 Å². The minimum absolute atomic E-state index is 0.104. The molecule has 0 amide bonds. The number of aromatic amines is 2. The first-order chi connectivity index (χ1) is 17.8. The lowest BCUT2D eigenvalue weighted by Crippen LogP contribution is -2.45. The molecule has 5 rings (SSSR count). The third-order valence-electron chi connectivity index (χ3n) is 7.99. The molecule has 7 N–H and O–H groups in total. The van der Waals surface area contributed by atoms with E-state index in [4.69, 9.17) is 15.9 Å². The van der Waals surface area contributed by atoms with E-state index in [0.717, 1.165) is 49.1 Å². The first-order valence-corrected chi connectivity index (χ1v) is 14.0. The lowest BCUT2D eigenvalue weighted by atomic mass is 9.78. The van der Waals surface area contributed by atoms with Gasteiger partial charge in [-0.15, -0.1) is 11.3 Å². The van der Waals surface area contributed by atoms with Crippen LogP contribution in [0.3, 0.4) is 0 Å². The predicted octanol–water partition coefficient (Wildman–Crippen LogP) is 4.41. The number of pyridine rings is 1. The van der Waals surface area contributed by atoms with E-state index >= 15 is 0 Å². The number of hydrogen-bond acceptors (Lipinski definition) is 6. The van der Waals surface area contributed by atoms with Crippen molar-refractivity contribution in [3.8, 4) is 11.3 Å². The van der Waals surface area contributed by atoms with Crippen molar-refractivity contribution in [2.45, 2.75) is 71.4 Å². The molecule has 1 saturated carbocycles. The Hall–Kier alpha value is -2.88. The molecule has 0 radical (unpaired) electrons. The number of morpholine rings is 1. The molecule has 37 heavy (non-hydrogen) atoms. The second-order valence-corrected chi connectivity index (χ2v) is 11.7. The number of aryl methyl sites for hydroxylation is 1. The van der Waals surface area contributed by atoms with Crippen molar-refractivity contribution in [1.82, 2.24) is 20.6 Å². The smallest absolute Gasteiger partial charge is 0.134 e. The molecule has 1 atom stereocenters. The van der Waals surface area contributed by atoms with Gasteiger partial charge < -0.3 is 31.1 Å². The zero-order valence-corrected chi connectivity index (χ0v) is 23.2. The summed E-state index contributed by atoms with van der Waals surface area (Å²) in [5.74, 6) is 0.966. The number of thiophene rings is 1. The number of rotatable bonds is 7. The Morgan fingerprint density at radius 2 is 2.03 bits per heavy atom. The predicted molar refractivity (Wildman–Crippen MR) is 152 cm³/mol. The molecule has 1 aliphatic heterocycles. The summed E-state index contributed by atoms with van der Waals surface area (Å²) in [4.78, 5) is 14.0. The molecule has 2 aliphatic rings. The maximum atomic E-state index is 7.33. The topological polar surface area (TPSA) is 127 Å². The van der Waals surface area contributed by atoms with Crippen LogP contribution in [0.25, 0.3) is 21.5 Å². The monoisotopic (exact) mass is 521 g/mol. The summed E-state index contributed by atoms with van der Waals surface area (Å²) in [6.45, 7) is 13.3. The number of ether oxygens (including phenoxy) is 1. The average molecular weight is 522 g/mol. The molecule has 1 unspecified atom stereocenters. The van der Waals surface area contributed by atoms with Crippen LogP contribution < -0.4 is 21.9 Å². The van der Waals surface area contributed by atoms with E-state index in [9.17, 15) is 0 Å². The number of aromatic nitrogens is 2. The molecule has 9 heteroatoms. The molecule has 3 aromatic heterocycles.